The van der Waals surface area contributed by atoms with Crippen LogP contribution in [0.5, 0.6) is 0 Å². The first-order chi connectivity index (χ1) is 10.3. The summed E-state index contributed by atoms with van der Waals surface area (Å²) in [4.78, 5) is 0. The van der Waals surface area contributed by atoms with Gasteiger partial charge in [0.2, 0.25) is 5.96 Å². The lowest BCUT2D eigenvalue weighted by Gasteiger charge is -2.11. The molecule has 0 radical (unpaired) electrons. The van der Waals surface area contributed by atoms with E-state index in [0.717, 1.165) is 6.07 Å². The Hall–Kier alpha value is -2.29. The van der Waals surface area contributed by atoms with E-state index in [1.54, 1.807) is 0 Å². The van der Waals surface area contributed by atoms with Crippen LogP contribution in [0.1, 0.15) is 11.3 Å². The molecule has 2 aromatic rings. The fraction of sp³-hybridized carbons (Fsp3) is 0.0769. The minimum atomic E-state index is -4.50. The molecule has 0 spiro atoms. The summed E-state index contributed by atoms with van der Waals surface area (Å²) in [5.41, 5.74) is 9.30. The molecule has 4 N–H and O–H groups in total. The summed E-state index contributed by atoms with van der Waals surface area (Å²) >= 11 is 3.02. The molecule has 0 aliphatic rings. The number of benzene rings is 1. The first kappa shape index (κ1) is 16.1. The third-order valence-corrected chi connectivity index (χ3v) is 3.03. The Morgan fingerprint density at radius 1 is 1.18 bits per heavy atom. The number of guanidine groups is 1. The van der Waals surface area contributed by atoms with Gasteiger partial charge in [-0.1, -0.05) is 15.9 Å². The summed E-state index contributed by atoms with van der Waals surface area (Å²) in [5.74, 6) is 0.0392. The predicted octanol–water partition coefficient (Wildman–Crippen LogP) is 3.34. The first-order valence-electron chi connectivity index (χ1n) is 5.86. The zero-order chi connectivity index (χ0) is 16.3. The molecule has 22 heavy (non-hydrogen) atoms. The second-order valence-electron chi connectivity index (χ2n) is 4.16. The zero-order valence-corrected chi connectivity index (χ0v) is 12.5. The lowest BCUT2D eigenvalue weighted by Crippen LogP contribution is -2.21. The standard InChI is InChI=1S/C13H10BrF3N4O/c14-7-1-3-9(10(5-7)13(15,16)17)11-4-2-8(22-11)6-20-21-12(18)19/h1-6H,(H4,18,19,21)/b20-6-. The highest BCUT2D eigenvalue weighted by Crippen LogP contribution is 2.39. The van der Waals surface area contributed by atoms with Crippen molar-refractivity contribution in [2.45, 2.75) is 6.18 Å². The van der Waals surface area contributed by atoms with Crippen LogP contribution in [-0.4, -0.2) is 12.2 Å². The van der Waals surface area contributed by atoms with Crippen molar-refractivity contribution >= 4 is 28.1 Å². The molecule has 2 rings (SSSR count). The topological polar surface area (TPSA) is 89.9 Å². The van der Waals surface area contributed by atoms with Crippen molar-refractivity contribution < 1.29 is 17.6 Å². The van der Waals surface area contributed by atoms with Gasteiger partial charge in [0, 0.05) is 10.0 Å². The van der Waals surface area contributed by atoms with E-state index in [9.17, 15) is 13.2 Å². The van der Waals surface area contributed by atoms with Crippen LogP contribution >= 0.6 is 15.9 Å². The molecule has 5 nitrogen and oxygen atoms in total. The molecule has 1 aromatic heterocycles. The first-order valence-corrected chi connectivity index (χ1v) is 6.65. The molecular formula is C13H10BrF3N4O. The van der Waals surface area contributed by atoms with Crippen LogP contribution in [0.2, 0.25) is 0 Å². The second kappa shape index (κ2) is 6.22. The van der Waals surface area contributed by atoms with Crippen molar-refractivity contribution in [3.63, 3.8) is 0 Å². The largest absolute Gasteiger partial charge is 0.455 e. The minimum Gasteiger partial charge on any atom is -0.455 e. The molecule has 0 fully saturated rings. The van der Waals surface area contributed by atoms with Gasteiger partial charge in [-0.2, -0.15) is 18.3 Å². The molecule has 116 valence electrons. The van der Waals surface area contributed by atoms with E-state index in [1.807, 2.05) is 0 Å². The van der Waals surface area contributed by atoms with Gasteiger partial charge in [-0.05, 0) is 30.3 Å². The van der Waals surface area contributed by atoms with Gasteiger partial charge >= 0.3 is 6.18 Å². The molecule has 0 bridgehead atoms. The van der Waals surface area contributed by atoms with E-state index >= 15 is 0 Å². The molecule has 0 aliphatic heterocycles. The smallest absolute Gasteiger partial charge is 0.417 e. The average Bonchev–Trinajstić information content (AvgIpc) is 2.86. The zero-order valence-electron chi connectivity index (χ0n) is 10.9. The van der Waals surface area contributed by atoms with Gasteiger partial charge in [0.05, 0.1) is 11.8 Å². The number of alkyl halides is 3. The van der Waals surface area contributed by atoms with Crippen LogP contribution in [0.15, 0.2) is 49.4 Å². The highest BCUT2D eigenvalue weighted by atomic mass is 79.9. The number of nitrogens with zero attached hydrogens (tertiary/aromatic N) is 2. The van der Waals surface area contributed by atoms with E-state index in [4.69, 9.17) is 15.9 Å². The molecule has 0 amide bonds. The van der Waals surface area contributed by atoms with Crippen molar-refractivity contribution in [1.29, 1.82) is 0 Å². The number of halogens is 4. The van der Waals surface area contributed by atoms with Gasteiger partial charge in [-0.3, -0.25) is 0 Å². The fourth-order valence-electron chi connectivity index (χ4n) is 1.69. The maximum absolute atomic E-state index is 13.1. The molecule has 0 saturated heterocycles. The normalized spacial score (nSPS) is 11.8. The van der Waals surface area contributed by atoms with Gasteiger partial charge in [-0.25, -0.2) is 0 Å². The minimum absolute atomic E-state index is 0.0611. The maximum Gasteiger partial charge on any atom is 0.417 e. The SMILES string of the molecule is NC(N)=N/N=C\c1ccc(-c2ccc(Br)cc2C(F)(F)F)o1. The van der Waals surface area contributed by atoms with E-state index < -0.39 is 11.7 Å². The lowest BCUT2D eigenvalue weighted by molar-refractivity contribution is -0.137. The van der Waals surface area contributed by atoms with Crippen LogP contribution in [0, 0.1) is 0 Å². The van der Waals surface area contributed by atoms with Gasteiger partial charge in [-0.15, -0.1) is 5.10 Å². The highest BCUT2D eigenvalue weighted by Gasteiger charge is 2.34. The van der Waals surface area contributed by atoms with Crippen LogP contribution in [-0.2, 0) is 6.18 Å². The van der Waals surface area contributed by atoms with E-state index in [2.05, 4.69) is 26.1 Å². The Balaban J connectivity index is 2.40. The molecule has 0 aliphatic carbocycles. The predicted molar refractivity (Wildman–Crippen MR) is 80.2 cm³/mol. The third-order valence-electron chi connectivity index (χ3n) is 2.54. The summed E-state index contributed by atoms with van der Waals surface area (Å²) in [6, 6.07) is 6.69. The van der Waals surface area contributed by atoms with Gasteiger partial charge < -0.3 is 15.9 Å². The van der Waals surface area contributed by atoms with Gasteiger partial charge in [0.25, 0.3) is 0 Å². The molecular weight excluding hydrogens is 365 g/mol. The summed E-state index contributed by atoms with van der Waals surface area (Å²) in [5, 5.41) is 6.89. The van der Waals surface area contributed by atoms with Gasteiger partial charge in [0.1, 0.15) is 11.5 Å². The van der Waals surface area contributed by atoms with E-state index in [-0.39, 0.29) is 23.0 Å². The molecule has 1 heterocycles. The number of rotatable bonds is 3. The Labute approximate surface area is 131 Å². The average molecular weight is 375 g/mol. The molecule has 9 heteroatoms. The van der Waals surface area contributed by atoms with Crippen molar-refractivity contribution in [3.05, 3.63) is 46.1 Å². The van der Waals surface area contributed by atoms with Crippen LogP contribution < -0.4 is 11.5 Å². The number of furan rings is 1. The Bertz CT molecular complexity index is 733. The molecule has 1 aromatic carbocycles. The van der Waals surface area contributed by atoms with Crippen molar-refractivity contribution in [3.8, 4) is 11.3 Å². The number of nitrogens with two attached hydrogens (primary N) is 2. The van der Waals surface area contributed by atoms with E-state index in [0.29, 0.717) is 4.47 Å². The summed E-state index contributed by atoms with van der Waals surface area (Å²) in [6.07, 6.45) is -3.31. The van der Waals surface area contributed by atoms with Gasteiger partial charge in [0.15, 0.2) is 0 Å². The third kappa shape index (κ3) is 3.88. The Morgan fingerprint density at radius 2 is 1.91 bits per heavy atom. The van der Waals surface area contributed by atoms with Crippen LogP contribution in [0.25, 0.3) is 11.3 Å². The monoisotopic (exact) mass is 374 g/mol. The second-order valence-corrected chi connectivity index (χ2v) is 5.07. The van der Waals surface area contributed by atoms with Crippen molar-refractivity contribution in [1.82, 2.24) is 0 Å². The highest BCUT2D eigenvalue weighted by molar-refractivity contribution is 9.10. The quantitative estimate of drug-likeness (QED) is 0.490. The fourth-order valence-corrected chi connectivity index (χ4v) is 2.05. The molecule has 0 atom stereocenters. The van der Waals surface area contributed by atoms with Crippen molar-refractivity contribution in [2.75, 3.05) is 0 Å². The Kier molecular flexibility index (Phi) is 4.55. The summed E-state index contributed by atoms with van der Waals surface area (Å²) in [6.45, 7) is 0. The lowest BCUT2D eigenvalue weighted by atomic mass is 10.1. The maximum atomic E-state index is 13.1. The number of hydrogen-bond acceptors (Lipinski definition) is 3. The summed E-state index contributed by atoms with van der Waals surface area (Å²) in [7, 11) is 0. The number of hydrogen-bond donors (Lipinski definition) is 2. The van der Waals surface area contributed by atoms with Crippen LogP contribution in [0.3, 0.4) is 0 Å². The molecule has 0 saturated carbocycles. The molecule has 0 unspecified atom stereocenters. The van der Waals surface area contributed by atoms with Crippen LogP contribution in [0.4, 0.5) is 13.2 Å². The van der Waals surface area contributed by atoms with E-state index in [1.165, 1.54) is 30.5 Å². The van der Waals surface area contributed by atoms with Crippen molar-refractivity contribution in [2.24, 2.45) is 21.7 Å². The Morgan fingerprint density at radius 3 is 2.55 bits per heavy atom. The summed E-state index contributed by atoms with van der Waals surface area (Å²) < 4.78 is 44.9.